The molecule has 1 atom stereocenters. The van der Waals surface area contributed by atoms with E-state index in [0.717, 1.165) is 46.9 Å². The quantitative estimate of drug-likeness (QED) is 0.779. The molecule has 112 valence electrons. The number of pyridine rings is 1. The maximum absolute atomic E-state index is 4.78. The van der Waals surface area contributed by atoms with E-state index >= 15 is 0 Å². The van der Waals surface area contributed by atoms with Gasteiger partial charge >= 0.3 is 0 Å². The van der Waals surface area contributed by atoms with Crippen LogP contribution in [0.5, 0.6) is 0 Å². The monoisotopic (exact) mass is 311 g/mol. The largest absolute Gasteiger partial charge is 0.365 e. The van der Waals surface area contributed by atoms with Crippen LogP contribution < -0.4 is 10.6 Å². The molecule has 0 spiro atoms. The van der Waals surface area contributed by atoms with Crippen molar-refractivity contribution in [3.05, 3.63) is 35.5 Å². The van der Waals surface area contributed by atoms with Gasteiger partial charge in [-0.3, -0.25) is 4.98 Å². The third-order valence-corrected chi connectivity index (χ3v) is 5.03. The van der Waals surface area contributed by atoms with Crippen LogP contribution in [0.15, 0.2) is 29.9 Å². The summed E-state index contributed by atoms with van der Waals surface area (Å²) in [5.74, 6) is 1.70. The maximum Gasteiger partial charge on any atom is 0.162 e. The molecule has 5 nitrogen and oxygen atoms in total. The average molecular weight is 311 g/mol. The van der Waals surface area contributed by atoms with Gasteiger partial charge in [0, 0.05) is 30.5 Å². The Bertz CT molecular complexity index is 793. The number of anilines is 1. The van der Waals surface area contributed by atoms with Gasteiger partial charge in [0.15, 0.2) is 5.82 Å². The second-order valence-electron chi connectivity index (χ2n) is 5.56. The Morgan fingerprint density at radius 3 is 2.91 bits per heavy atom. The predicted molar refractivity (Wildman–Crippen MR) is 90.3 cm³/mol. The zero-order valence-corrected chi connectivity index (χ0v) is 13.2. The van der Waals surface area contributed by atoms with Crippen molar-refractivity contribution >= 4 is 27.4 Å². The molecule has 4 heterocycles. The zero-order valence-electron chi connectivity index (χ0n) is 12.3. The Morgan fingerprint density at radius 1 is 1.27 bits per heavy atom. The molecular weight excluding hydrogens is 294 g/mol. The van der Waals surface area contributed by atoms with Gasteiger partial charge in [-0.2, -0.15) is 0 Å². The van der Waals surface area contributed by atoms with Crippen LogP contribution >= 0.6 is 11.3 Å². The van der Waals surface area contributed by atoms with Crippen molar-refractivity contribution in [3.63, 3.8) is 0 Å². The van der Waals surface area contributed by atoms with Crippen LogP contribution in [0.3, 0.4) is 0 Å². The summed E-state index contributed by atoms with van der Waals surface area (Å²) in [4.78, 5) is 13.6. The number of nitrogens with one attached hydrogen (secondary N) is 2. The molecule has 0 aliphatic carbocycles. The van der Waals surface area contributed by atoms with Crippen molar-refractivity contribution in [1.82, 2.24) is 20.3 Å². The third kappa shape index (κ3) is 2.44. The molecule has 0 aromatic carbocycles. The number of hydrogen-bond acceptors (Lipinski definition) is 6. The molecule has 0 amide bonds. The summed E-state index contributed by atoms with van der Waals surface area (Å²) >= 11 is 1.71. The molecular formula is C16H17N5S. The Balaban J connectivity index is 1.82. The minimum Gasteiger partial charge on any atom is -0.365 e. The summed E-state index contributed by atoms with van der Waals surface area (Å²) in [6, 6.07) is 4.33. The van der Waals surface area contributed by atoms with E-state index in [1.807, 2.05) is 12.1 Å². The van der Waals surface area contributed by atoms with Crippen LogP contribution in [-0.4, -0.2) is 34.1 Å². The van der Waals surface area contributed by atoms with E-state index in [1.54, 1.807) is 23.7 Å². The first kappa shape index (κ1) is 13.6. The van der Waals surface area contributed by atoms with Crippen molar-refractivity contribution in [2.24, 2.45) is 0 Å². The van der Waals surface area contributed by atoms with Crippen LogP contribution in [0.4, 0.5) is 5.82 Å². The van der Waals surface area contributed by atoms with Crippen molar-refractivity contribution in [2.75, 3.05) is 18.4 Å². The van der Waals surface area contributed by atoms with Gasteiger partial charge in [-0.1, -0.05) is 0 Å². The molecule has 3 aromatic rings. The van der Waals surface area contributed by atoms with E-state index in [2.05, 4.69) is 27.9 Å². The fourth-order valence-corrected chi connectivity index (χ4v) is 3.67. The lowest BCUT2D eigenvalue weighted by Gasteiger charge is -2.14. The lowest BCUT2D eigenvalue weighted by molar-refractivity contribution is 0.789. The summed E-state index contributed by atoms with van der Waals surface area (Å²) < 4.78 is 1.14. The van der Waals surface area contributed by atoms with E-state index in [4.69, 9.17) is 9.97 Å². The molecule has 0 unspecified atom stereocenters. The Morgan fingerprint density at radius 2 is 2.14 bits per heavy atom. The predicted octanol–water partition coefficient (Wildman–Crippen LogP) is 2.84. The molecule has 3 aromatic heterocycles. The standard InChI is InChI=1S/C16H17N5S/c1-10-9-22-14-13(10)20-15(11-2-5-17-6-3-11)21-16(14)19-12-4-7-18-8-12/h2-3,5-6,9,12,18H,4,7-8H2,1H3,(H,19,20,21)/t12-/m1/s1. The van der Waals surface area contributed by atoms with Crippen LogP contribution in [0.2, 0.25) is 0 Å². The number of thiophene rings is 1. The second-order valence-corrected chi connectivity index (χ2v) is 6.44. The number of aromatic nitrogens is 3. The zero-order chi connectivity index (χ0) is 14.9. The summed E-state index contributed by atoms with van der Waals surface area (Å²) in [5.41, 5.74) is 3.24. The Hall–Kier alpha value is -2.05. The number of fused-ring (bicyclic) bond motifs is 1. The topological polar surface area (TPSA) is 62.7 Å². The van der Waals surface area contributed by atoms with Gasteiger partial charge in [0.05, 0.1) is 10.2 Å². The van der Waals surface area contributed by atoms with E-state index in [1.165, 1.54) is 5.56 Å². The van der Waals surface area contributed by atoms with Crippen molar-refractivity contribution in [3.8, 4) is 11.4 Å². The minimum atomic E-state index is 0.436. The highest BCUT2D eigenvalue weighted by atomic mass is 32.1. The first-order valence-corrected chi connectivity index (χ1v) is 8.33. The molecule has 0 bridgehead atoms. The summed E-state index contributed by atoms with van der Waals surface area (Å²) in [6.07, 6.45) is 4.68. The normalized spacial score (nSPS) is 18.0. The van der Waals surface area contributed by atoms with Crippen LogP contribution in [0.1, 0.15) is 12.0 Å². The van der Waals surface area contributed by atoms with Crippen LogP contribution in [0.25, 0.3) is 21.6 Å². The van der Waals surface area contributed by atoms with Gasteiger partial charge in [0.2, 0.25) is 0 Å². The second kappa shape index (κ2) is 5.62. The van der Waals surface area contributed by atoms with Crippen LogP contribution in [-0.2, 0) is 0 Å². The average Bonchev–Trinajstić information content (AvgIpc) is 3.19. The Labute approximate surface area is 132 Å². The van der Waals surface area contributed by atoms with Gasteiger partial charge in [-0.25, -0.2) is 9.97 Å². The van der Waals surface area contributed by atoms with E-state index in [9.17, 15) is 0 Å². The fraction of sp³-hybridized carbons (Fsp3) is 0.312. The Kier molecular flexibility index (Phi) is 3.48. The smallest absolute Gasteiger partial charge is 0.162 e. The van der Waals surface area contributed by atoms with E-state index in [0.29, 0.717) is 6.04 Å². The molecule has 1 saturated heterocycles. The first-order chi connectivity index (χ1) is 10.8. The van der Waals surface area contributed by atoms with Gasteiger partial charge < -0.3 is 10.6 Å². The SMILES string of the molecule is Cc1csc2c(N[C@@H]3CCNC3)nc(-c3ccncc3)nc12. The number of aryl methyl sites for hydroxylation is 1. The molecule has 4 rings (SSSR count). The lowest BCUT2D eigenvalue weighted by atomic mass is 10.2. The number of hydrogen-bond donors (Lipinski definition) is 2. The highest BCUT2D eigenvalue weighted by molar-refractivity contribution is 7.18. The van der Waals surface area contributed by atoms with Gasteiger partial charge in [0.25, 0.3) is 0 Å². The fourth-order valence-electron chi connectivity index (χ4n) is 2.73. The van der Waals surface area contributed by atoms with Crippen LogP contribution in [0, 0.1) is 6.92 Å². The molecule has 22 heavy (non-hydrogen) atoms. The van der Waals surface area contributed by atoms with E-state index in [-0.39, 0.29) is 0 Å². The van der Waals surface area contributed by atoms with Crippen molar-refractivity contribution in [1.29, 1.82) is 0 Å². The molecule has 1 aliphatic heterocycles. The molecule has 0 saturated carbocycles. The van der Waals surface area contributed by atoms with Gasteiger partial charge in [0.1, 0.15) is 5.82 Å². The molecule has 6 heteroatoms. The summed E-state index contributed by atoms with van der Waals surface area (Å²) in [6.45, 7) is 4.15. The van der Waals surface area contributed by atoms with Gasteiger partial charge in [-0.05, 0) is 43.0 Å². The minimum absolute atomic E-state index is 0.436. The van der Waals surface area contributed by atoms with Gasteiger partial charge in [-0.15, -0.1) is 11.3 Å². The summed E-state index contributed by atoms with van der Waals surface area (Å²) in [7, 11) is 0. The number of nitrogens with zero attached hydrogens (tertiary/aromatic N) is 3. The molecule has 2 N–H and O–H groups in total. The van der Waals surface area contributed by atoms with Crippen molar-refractivity contribution in [2.45, 2.75) is 19.4 Å². The van der Waals surface area contributed by atoms with Crippen molar-refractivity contribution < 1.29 is 0 Å². The number of rotatable bonds is 3. The lowest BCUT2D eigenvalue weighted by Crippen LogP contribution is -2.22. The maximum atomic E-state index is 4.78. The highest BCUT2D eigenvalue weighted by Crippen LogP contribution is 2.32. The first-order valence-electron chi connectivity index (χ1n) is 7.45. The summed E-state index contributed by atoms with van der Waals surface area (Å²) in [5, 5.41) is 9.12. The third-order valence-electron chi connectivity index (χ3n) is 3.93. The molecule has 1 aliphatic rings. The molecule has 0 radical (unpaired) electrons. The highest BCUT2D eigenvalue weighted by Gasteiger charge is 2.18. The molecule has 1 fully saturated rings. The van der Waals surface area contributed by atoms with E-state index < -0.39 is 0 Å².